The zero-order valence-electron chi connectivity index (χ0n) is 18.6. The first-order chi connectivity index (χ1) is 16.3. The number of anilines is 1. The molecule has 3 aromatic carbocycles. The van der Waals surface area contributed by atoms with E-state index in [0.29, 0.717) is 33.3 Å². The molecule has 0 bridgehead atoms. The predicted molar refractivity (Wildman–Crippen MR) is 135 cm³/mol. The molecule has 4 rings (SSSR count). The summed E-state index contributed by atoms with van der Waals surface area (Å²) in [4.78, 5) is 28.0. The Morgan fingerprint density at radius 3 is 2.29 bits per heavy atom. The number of ether oxygens (including phenoxy) is 2. The fraction of sp³-hybridized carbons (Fsp3) is 0.154. The van der Waals surface area contributed by atoms with Crippen molar-refractivity contribution in [1.29, 1.82) is 0 Å². The van der Waals surface area contributed by atoms with Gasteiger partial charge in [-0.25, -0.2) is 0 Å². The van der Waals surface area contributed by atoms with Crippen molar-refractivity contribution in [2.24, 2.45) is 0 Å². The molecule has 1 N–H and O–H groups in total. The van der Waals surface area contributed by atoms with Crippen LogP contribution in [0.5, 0.6) is 11.5 Å². The Hall–Kier alpha value is -3.29. The minimum Gasteiger partial charge on any atom is -0.507 e. The lowest BCUT2D eigenvalue weighted by atomic mass is 9.94. The number of carbonyl (C=O) groups is 2. The Balaban J connectivity index is 2.00. The summed E-state index contributed by atoms with van der Waals surface area (Å²) in [6.45, 7) is 1.82. The molecule has 0 aromatic heterocycles. The minimum absolute atomic E-state index is 0.0288. The van der Waals surface area contributed by atoms with Crippen LogP contribution >= 0.6 is 27.5 Å². The number of aliphatic hydroxyl groups excluding tert-OH is 1. The van der Waals surface area contributed by atoms with Crippen LogP contribution in [0.4, 0.5) is 5.69 Å². The van der Waals surface area contributed by atoms with Gasteiger partial charge in [0, 0.05) is 20.7 Å². The van der Waals surface area contributed by atoms with Crippen LogP contribution in [0.15, 0.2) is 70.7 Å². The Morgan fingerprint density at radius 1 is 0.971 bits per heavy atom. The van der Waals surface area contributed by atoms with Gasteiger partial charge in [0.25, 0.3) is 11.7 Å². The molecule has 1 unspecified atom stereocenters. The maximum absolute atomic E-state index is 13.4. The number of nitrogens with zero attached hydrogens (tertiary/aromatic N) is 1. The smallest absolute Gasteiger partial charge is 0.300 e. The molecule has 34 heavy (non-hydrogen) atoms. The van der Waals surface area contributed by atoms with Crippen molar-refractivity contribution in [3.63, 3.8) is 0 Å². The average Bonchev–Trinajstić information content (AvgIpc) is 3.10. The molecule has 3 aromatic rings. The third-order valence-corrected chi connectivity index (χ3v) is 6.48. The number of halogens is 2. The van der Waals surface area contributed by atoms with Crippen LogP contribution in [0.1, 0.15) is 22.7 Å². The summed E-state index contributed by atoms with van der Waals surface area (Å²) < 4.78 is 11.6. The monoisotopic (exact) mass is 541 g/mol. The number of ketones is 1. The van der Waals surface area contributed by atoms with E-state index >= 15 is 0 Å². The van der Waals surface area contributed by atoms with E-state index in [1.165, 1.54) is 19.1 Å². The number of carbonyl (C=O) groups excluding carboxylic acids is 2. The van der Waals surface area contributed by atoms with Gasteiger partial charge in [-0.3, -0.25) is 14.5 Å². The largest absolute Gasteiger partial charge is 0.507 e. The third kappa shape index (κ3) is 4.17. The summed E-state index contributed by atoms with van der Waals surface area (Å²) in [5.41, 5.74) is 2.17. The summed E-state index contributed by atoms with van der Waals surface area (Å²) in [6, 6.07) is 16.2. The summed E-state index contributed by atoms with van der Waals surface area (Å²) >= 11 is 9.61. The Labute approximate surface area is 210 Å². The summed E-state index contributed by atoms with van der Waals surface area (Å²) in [6.07, 6.45) is 0. The highest BCUT2D eigenvalue weighted by atomic mass is 79.9. The van der Waals surface area contributed by atoms with Crippen LogP contribution in [-0.2, 0) is 9.59 Å². The molecule has 0 aliphatic carbocycles. The molecule has 1 aliphatic rings. The molecule has 1 atom stereocenters. The van der Waals surface area contributed by atoms with Gasteiger partial charge in [0.15, 0.2) is 11.5 Å². The molecular formula is C26H21BrClNO5. The molecule has 0 spiro atoms. The third-order valence-electron chi connectivity index (χ3n) is 5.72. The number of hydrogen-bond donors (Lipinski definition) is 1. The number of rotatable bonds is 5. The van der Waals surface area contributed by atoms with Crippen molar-refractivity contribution in [3.05, 3.63) is 92.4 Å². The van der Waals surface area contributed by atoms with Gasteiger partial charge in [-0.05, 0) is 54.4 Å². The molecular weight excluding hydrogens is 522 g/mol. The highest BCUT2D eigenvalue weighted by Crippen LogP contribution is 2.45. The molecule has 0 radical (unpaired) electrons. The second kappa shape index (κ2) is 9.52. The van der Waals surface area contributed by atoms with Gasteiger partial charge in [0.05, 0.1) is 25.8 Å². The Bertz CT molecular complexity index is 1320. The van der Waals surface area contributed by atoms with E-state index in [-0.39, 0.29) is 11.3 Å². The SMILES string of the molecule is COc1ccc(C2/C(=C(\O)c3ccc(Br)cc3)C(=O)C(=O)N2c2cc(Cl)ccc2C)cc1OC. The van der Waals surface area contributed by atoms with Crippen LogP contribution in [-0.4, -0.2) is 31.0 Å². The van der Waals surface area contributed by atoms with Gasteiger partial charge in [0.1, 0.15) is 5.76 Å². The van der Waals surface area contributed by atoms with Crippen molar-refractivity contribution in [3.8, 4) is 11.5 Å². The second-order valence-corrected chi connectivity index (χ2v) is 9.07. The number of aryl methyl sites for hydroxylation is 1. The standard InChI is InChI=1S/C26H21BrClNO5/c1-14-4-10-18(28)13-19(14)29-23(16-7-11-20(33-2)21(12-16)34-3)22(25(31)26(29)32)24(30)15-5-8-17(27)9-6-15/h4-13,23,30H,1-3H3/b24-22+. The number of amides is 1. The van der Waals surface area contributed by atoms with Crippen molar-refractivity contribution < 1.29 is 24.2 Å². The van der Waals surface area contributed by atoms with Crippen molar-refractivity contribution in [2.75, 3.05) is 19.1 Å². The fourth-order valence-electron chi connectivity index (χ4n) is 4.02. The average molecular weight is 543 g/mol. The predicted octanol–water partition coefficient (Wildman–Crippen LogP) is 6.05. The zero-order valence-corrected chi connectivity index (χ0v) is 21.0. The lowest BCUT2D eigenvalue weighted by Crippen LogP contribution is -2.30. The lowest BCUT2D eigenvalue weighted by Gasteiger charge is -2.27. The summed E-state index contributed by atoms with van der Waals surface area (Å²) in [7, 11) is 3.02. The lowest BCUT2D eigenvalue weighted by molar-refractivity contribution is -0.132. The first kappa shape index (κ1) is 23.9. The number of methoxy groups -OCH3 is 2. The zero-order chi connectivity index (χ0) is 24.6. The highest BCUT2D eigenvalue weighted by molar-refractivity contribution is 9.10. The van der Waals surface area contributed by atoms with E-state index in [0.717, 1.165) is 10.0 Å². The van der Waals surface area contributed by atoms with Crippen LogP contribution in [0.3, 0.4) is 0 Å². The van der Waals surface area contributed by atoms with Crippen LogP contribution in [0.25, 0.3) is 5.76 Å². The van der Waals surface area contributed by atoms with Gasteiger partial charge in [0.2, 0.25) is 0 Å². The molecule has 1 saturated heterocycles. The number of Topliss-reactive ketones (excluding diaryl/α,β-unsaturated/α-hetero) is 1. The first-order valence-electron chi connectivity index (χ1n) is 10.3. The van der Waals surface area contributed by atoms with Gasteiger partial charge >= 0.3 is 0 Å². The summed E-state index contributed by atoms with van der Waals surface area (Å²) in [5.74, 6) is -0.900. The van der Waals surface area contributed by atoms with Gasteiger partial charge in [-0.2, -0.15) is 0 Å². The van der Waals surface area contributed by atoms with E-state index in [1.54, 1.807) is 60.7 Å². The minimum atomic E-state index is -0.916. The molecule has 0 saturated carbocycles. The normalized spacial score (nSPS) is 17.2. The number of hydrogen-bond acceptors (Lipinski definition) is 5. The topological polar surface area (TPSA) is 76.1 Å². The molecule has 174 valence electrons. The Kier molecular flexibility index (Phi) is 6.68. The number of aliphatic hydroxyl groups is 1. The number of benzene rings is 3. The van der Waals surface area contributed by atoms with E-state index in [9.17, 15) is 14.7 Å². The highest BCUT2D eigenvalue weighted by Gasteiger charge is 2.47. The molecule has 1 heterocycles. The molecule has 8 heteroatoms. The molecule has 1 fully saturated rings. The van der Waals surface area contributed by atoms with E-state index in [4.69, 9.17) is 21.1 Å². The van der Waals surface area contributed by atoms with Crippen LogP contribution in [0.2, 0.25) is 5.02 Å². The van der Waals surface area contributed by atoms with Gasteiger partial charge in [-0.15, -0.1) is 0 Å². The molecule has 1 aliphatic heterocycles. The van der Waals surface area contributed by atoms with Crippen molar-refractivity contribution in [2.45, 2.75) is 13.0 Å². The van der Waals surface area contributed by atoms with Gasteiger partial charge < -0.3 is 14.6 Å². The second-order valence-electron chi connectivity index (χ2n) is 7.72. The Morgan fingerprint density at radius 2 is 1.65 bits per heavy atom. The first-order valence-corrected chi connectivity index (χ1v) is 11.5. The maximum atomic E-state index is 13.4. The van der Waals surface area contributed by atoms with E-state index in [1.807, 2.05) is 6.92 Å². The van der Waals surface area contributed by atoms with Crippen LogP contribution in [0, 0.1) is 6.92 Å². The maximum Gasteiger partial charge on any atom is 0.300 e. The summed E-state index contributed by atoms with van der Waals surface area (Å²) in [5, 5.41) is 11.6. The quantitative estimate of drug-likeness (QED) is 0.241. The molecule has 6 nitrogen and oxygen atoms in total. The van der Waals surface area contributed by atoms with Crippen LogP contribution < -0.4 is 14.4 Å². The van der Waals surface area contributed by atoms with E-state index < -0.39 is 17.7 Å². The fourth-order valence-corrected chi connectivity index (χ4v) is 4.46. The molecule has 1 amide bonds. The van der Waals surface area contributed by atoms with Crippen molar-refractivity contribution in [1.82, 2.24) is 0 Å². The van der Waals surface area contributed by atoms with E-state index in [2.05, 4.69) is 15.9 Å². The van der Waals surface area contributed by atoms with Gasteiger partial charge in [-0.1, -0.05) is 51.8 Å². The van der Waals surface area contributed by atoms with Crippen molar-refractivity contribution >= 4 is 50.7 Å².